The fraction of sp³-hybridized carbons (Fsp3) is 0.900. The number of fused-ring (bicyclic) bond motifs is 2. The van der Waals surface area contributed by atoms with E-state index in [4.69, 9.17) is 0 Å². The summed E-state index contributed by atoms with van der Waals surface area (Å²) in [5.74, 6) is 1.14. The Bertz CT molecular complexity index is 222. The Morgan fingerprint density at radius 2 is 2.17 bits per heavy atom. The van der Waals surface area contributed by atoms with Gasteiger partial charge in [-0.15, -0.1) is 0 Å². The van der Waals surface area contributed by atoms with E-state index >= 15 is 0 Å². The lowest BCUT2D eigenvalue weighted by Gasteiger charge is -2.29. The molecule has 3 unspecified atom stereocenters. The Balaban J connectivity index is 2.24. The van der Waals surface area contributed by atoms with Crippen LogP contribution in [0.3, 0.4) is 0 Å². The number of hydrogen-bond acceptors (Lipinski definition) is 1. The van der Waals surface area contributed by atoms with Gasteiger partial charge in [0, 0.05) is 12.0 Å². The average Bonchev–Trinajstić information content (AvgIpc) is 2.21. The number of carbonyl (C=O) groups is 1. The van der Waals surface area contributed by atoms with Crippen molar-refractivity contribution in [1.29, 1.82) is 0 Å². The molecular formula is C10H17NO. The second kappa shape index (κ2) is 2.24. The maximum atomic E-state index is 11.4. The van der Waals surface area contributed by atoms with E-state index in [9.17, 15) is 4.79 Å². The summed E-state index contributed by atoms with van der Waals surface area (Å²) >= 11 is 0. The van der Waals surface area contributed by atoms with Crippen LogP contribution >= 0.6 is 0 Å². The number of nitrogens with one attached hydrogen (secondary N) is 1. The fourth-order valence-corrected chi connectivity index (χ4v) is 2.68. The van der Waals surface area contributed by atoms with Crippen LogP contribution in [0, 0.1) is 17.3 Å². The maximum absolute atomic E-state index is 11.4. The first-order valence-corrected chi connectivity index (χ1v) is 4.81. The van der Waals surface area contributed by atoms with E-state index in [1.54, 1.807) is 0 Å². The van der Waals surface area contributed by atoms with Gasteiger partial charge >= 0.3 is 0 Å². The van der Waals surface area contributed by atoms with Gasteiger partial charge in [-0.05, 0) is 24.2 Å². The first-order valence-electron chi connectivity index (χ1n) is 4.81. The van der Waals surface area contributed by atoms with Gasteiger partial charge in [0.05, 0.1) is 0 Å². The van der Waals surface area contributed by atoms with Crippen molar-refractivity contribution in [2.75, 3.05) is 0 Å². The van der Waals surface area contributed by atoms with E-state index in [1.165, 1.54) is 12.8 Å². The molecule has 0 radical (unpaired) electrons. The molecule has 1 amide bonds. The van der Waals surface area contributed by atoms with E-state index in [0.717, 1.165) is 0 Å². The lowest BCUT2D eigenvalue weighted by Crippen LogP contribution is -2.46. The molecule has 3 atom stereocenters. The molecule has 2 bridgehead atoms. The third kappa shape index (κ3) is 0.970. The van der Waals surface area contributed by atoms with Crippen LogP contribution in [0.2, 0.25) is 0 Å². The molecule has 1 heterocycles. The van der Waals surface area contributed by atoms with Crippen molar-refractivity contribution in [3.05, 3.63) is 0 Å². The molecule has 2 aliphatic rings. The van der Waals surface area contributed by atoms with Crippen molar-refractivity contribution in [2.45, 2.75) is 39.7 Å². The summed E-state index contributed by atoms with van der Waals surface area (Å²) in [6, 6.07) is 0.436. The molecule has 0 aromatic heterocycles. The molecular weight excluding hydrogens is 150 g/mol. The van der Waals surface area contributed by atoms with E-state index in [1.807, 2.05) is 0 Å². The highest BCUT2D eigenvalue weighted by molar-refractivity contribution is 5.80. The van der Waals surface area contributed by atoms with E-state index in [0.29, 0.717) is 17.4 Å². The Kier molecular flexibility index (Phi) is 1.51. The summed E-state index contributed by atoms with van der Waals surface area (Å²) in [6.45, 7) is 6.57. The molecule has 2 heteroatoms. The highest BCUT2D eigenvalue weighted by Crippen LogP contribution is 2.46. The van der Waals surface area contributed by atoms with E-state index < -0.39 is 0 Å². The summed E-state index contributed by atoms with van der Waals surface area (Å²) < 4.78 is 0. The standard InChI is InChI=1S/C10H17NO/c1-6-7-4-8(11-9(6)12)10(2,3)5-7/h6-8H,4-5H2,1-3H3,(H,11,12). The summed E-state index contributed by atoms with van der Waals surface area (Å²) in [5.41, 5.74) is 0.324. The topological polar surface area (TPSA) is 29.1 Å². The van der Waals surface area contributed by atoms with Gasteiger partial charge in [0.2, 0.25) is 5.91 Å². The minimum Gasteiger partial charge on any atom is -0.353 e. The normalized spacial score (nSPS) is 44.2. The summed E-state index contributed by atoms with van der Waals surface area (Å²) in [7, 11) is 0. The molecule has 1 saturated heterocycles. The van der Waals surface area contributed by atoms with Crippen LogP contribution in [0.4, 0.5) is 0 Å². The van der Waals surface area contributed by atoms with Crippen LogP contribution < -0.4 is 5.32 Å². The molecule has 2 rings (SSSR count). The van der Waals surface area contributed by atoms with Gasteiger partial charge in [0.15, 0.2) is 0 Å². The second-order valence-electron chi connectivity index (χ2n) is 5.04. The molecule has 1 aliphatic heterocycles. The van der Waals surface area contributed by atoms with Gasteiger partial charge in [-0.3, -0.25) is 4.79 Å². The predicted molar refractivity (Wildman–Crippen MR) is 47.6 cm³/mol. The van der Waals surface area contributed by atoms with Crippen molar-refractivity contribution in [2.24, 2.45) is 17.3 Å². The summed E-state index contributed by atoms with van der Waals surface area (Å²) in [4.78, 5) is 11.4. The third-order valence-electron chi connectivity index (χ3n) is 3.71. The zero-order chi connectivity index (χ0) is 8.93. The van der Waals surface area contributed by atoms with Crippen molar-refractivity contribution in [1.82, 2.24) is 5.32 Å². The van der Waals surface area contributed by atoms with Crippen LogP contribution in [0.5, 0.6) is 0 Å². The van der Waals surface area contributed by atoms with Crippen LogP contribution in [0.25, 0.3) is 0 Å². The van der Waals surface area contributed by atoms with Crippen molar-refractivity contribution < 1.29 is 4.79 Å². The van der Waals surface area contributed by atoms with Gasteiger partial charge in [-0.2, -0.15) is 0 Å². The van der Waals surface area contributed by atoms with Gasteiger partial charge in [0.25, 0.3) is 0 Å². The summed E-state index contributed by atoms with van der Waals surface area (Å²) in [6.07, 6.45) is 2.40. The van der Waals surface area contributed by atoms with Gasteiger partial charge in [-0.1, -0.05) is 20.8 Å². The molecule has 2 fully saturated rings. The van der Waals surface area contributed by atoms with Crippen molar-refractivity contribution in [3.8, 4) is 0 Å². The lowest BCUT2D eigenvalue weighted by atomic mass is 9.87. The van der Waals surface area contributed by atoms with Crippen LogP contribution in [0.15, 0.2) is 0 Å². The van der Waals surface area contributed by atoms with Crippen LogP contribution in [-0.4, -0.2) is 11.9 Å². The first kappa shape index (κ1) is 8.09. The number of hydrogen-bond donors (Lipinski definition) is 1. The first-order chi connectivity index (χ1) is 5.50. The molecule has 1 aliphatic carbocycles. The predicted octanol–water partition coefficient (Wildman–Crippen LogP) is 1.56. The zero-order valence-electron chi connectivity index (χ0n) is 8.05. The largest absolute Gasteiger partial charge is 0.353 e. The average molecular weight is 167 g/mol. The summed E-state index contributed by atoms with van der Waals surface area (Å²) in [5, 5.41) is 3.11. The molecule has 0 aromatic carbocycles. The molecule has 68 valence electrons. The lowest BCUT2D eigenvalue weighted by molar-refractivity contribution is -0.128. The Hall–Kier alpha value is -0.530. The molecule has 12 heavy (non-hydrogen) atoms. The maximum Gasteiger partial charge on any atom is 0.223 e. The number of amides is 1. The minimum absolute atomic E-state index is 0.239. The molecule has 1 saturated carbocycles. The number of carbonyl (C=O) groups excluding carboxylic acids is 1. The van der Waals surface area contributed by atoms with E-state index in [2.05, 4.69) is 26.1 Å². The van der Waals surface area contributed by atoms with Gasteiger partial charge < -0.3 is 5.32 Å². The SMILES string of the molecule is CC1C(=O)NC2CC1CC2(C)C. The molecule has 1 N–H and O–H groups in total. The second-order valence-corrected chi connectivity index (χ2v) is 5.04. The highest BCUT2D eigenvalue weighted by atomic mass is 16.2. The van der Waals surface area contributed by atoms with Gasteiger partial charge in [-0.25, -0.2) is 0 Å². The molecule has 0 spiro atoms. The third-order valence-corrected chi connectivity index (χ3v) is 3.71. The Morgan fingerprint density at radius 1 is 1.50 bits per heavy atom. The van der Waals surface area contributed by atoms with Crippen LogP contribution in [0.1, 0.15) is 33.6 Å². The molecule has 0 aromatic rings. The van der Waals surface area contributed by atoms with Crippen molar-refractivity contribution in [3.63, 3.8) is 0 Å². The Morgan fingerprint density at radius 3 is 2.83 bits per heavy atom. The quantitative estimate of drug-likeness (QED) is 0.583. The zero-order valence-corrected chi connectivity index (χ0v) is 8.05. The monoisotopic (exact) mass is 167 g/mol. The van der Waals surface area contributed by atoms with Gasteiger partial charge in [0.1, 0.15) is 0 Å². The Labute approximate surface area is 73.7 Å². The molecule has 2 nitrogen and oxygen atoms in total. The van der Waals surface area contributed by atoms with Crippen molar-refractivity contribution >= 4 is 5.91 Å². The van der Waals surface area contributed by atoms with Crippen LogP contribution in [-0.2, 0) is 4.79 Å². The minimum atomic E-state index is 0.239. The fourth-order valence-electron chi connectivity index (χ4n) is 2.68. The smallest absolute Gasteiger partial charge is 0.223 e. The highest BCUT2D eigenvalue weighted by Gasteiger charge is 2.48. The number of rotatable bonds is 0. The number of piperidine rings is 1. The van der Waals surface area contributed by atoms with E-state index in [-0.39, 0.29) is 11.8 Å².